The molecule has 1 heterocycles. The van der Waals surface area contributed by atoms with Gasteiger partial charge in [-0.05, 0) is 39.8 Å². The first-order valence-electron chi connectivity index (χ1n) is 8.95. The van der Waals surface area contributed by atoms with Crippen LogP contribution >= 0.6 is 0 Å². The highest BCUT2D eigenvalue weighted by molar-refractivity contribution is 5.95. The molecule has 0 saturated heterocycles. The molecule has 0 aliphatic rings. The number of carboxylic acids is 1. The molecule has 1 amide bonds. The molecule has 2 N–H and O–H groups in total. The lowest BCUT2D eigenvalue weighted by molar-refractivity contribution is -0.140. The number of carbonyl (C=O) groups is 3. The van der Waals surface area contributed by atoms with Crippen molar-refractivity contribution in [2.75, 3.05) is 6.61 Å². The minimum Gasteiger partial charge on any atom is -0.480 e. The van der Waals surface area contributed by atoms with Gasteiger partial charge in [0.2, 0.25) is 0 Å². The van der Waals surface area contributed by atoms with Crippen molar-refractivity contribution in [3.05, 3.63) is 47.7 Å². The van der Waals surface area contributed by atoms with Crippen LogP contribution in [0.25, 0.3) is 11.3 Å². The van der Waals surface area contributed by atoms with Crippen molar-refractivity contribution >= 4 is 17.7 Å². The Hall–Kier alpha value is -2.93. The van der Waals surface area contributed by atoms with Gasteiger partial charge in [-0.1, -0.05) is 24.3 Å². The highest BCUT2D eigenvalue weighted by Crippen LogP contribution is 2.23. The summed E-state index contributed by atoms with van der Waals surface area (Å²) in [6.45, 7) is 7.29. The molecular formula is C21H25NO6. The monoisotopic (exact) mass is 387 g/mol. The van der Waals surface area contributed by atoms with E-state index in [9.17, 15) is 19.5 Å². The Morgan fingerprint density at radius 3 is 2.29 bits per heavy atom. The van der Waals surface area contributed by atoms with Crippen molar-refractivity contribution in [3.8, 4) is 11.3 Å². The zero-order valence-corrected chi connectivity index (χ0v) is 16.4. The second-order valence-electron chi connectivity index (χ2n) is 7.41. The van der Waals surface area contributed by atoms with E-state index in [4.69, 9.17) is 9.15 Å². The van der Waals surface area contributed by atoms with E-state index in [2.05, 4.69) is 5.32 Å². The SMILES string of the molecule is CC(=O)c1ccc(-c2ccc(C(=O)NC(CCOC(C)(C)C)C(=O)O)o2)cc1. The molecule has 150 valence electrons. The molecule has 1 aromatic carbocycles. The standard InChI is InChI=1S/C21H25NO6/c1-13(23)14-5-7-15(8-6-14)17-9-10-18(28-17)19(24)22-16(20(25)26)11-12-27-21(2,3)4/h5-10,16H,11-12H2,1-4H3,(H,22,24)(H,25,26). The average Bonchev–Trinajstić information content (AvgIpc) is 3.10. The number of rotatable bonds is 8. The Labute approximate surface area is 163 Å². The van der Waals surface area contributed by atoms with Gasteiger partial charge >= 0.3 is 5.97 Å². The highest BCUT2D eigenvalue weighted by Gasteiger charge is 2.23. The maximum absolute atomic E-state index is 12.4. The minimum absolute atomic E-state index is 0.00799. The molecule has 0 saturated carbocycles. The van der Waals surface area contributed by atoms with Crippen molar-refractivity contribution in [3.63, 3.8) is 0 Å². The molecule has 0 aliphatic carbocycles. The van der Waals surface area contributed by atoms with Crippen LogP contribution in [0.15, 0.2) is 40.8 Å². The summed E-state index contributed by atoms with van der Waals surface area (Å²) < 4.78 is 11.1. The van der Waals surface area contributed by atoms with Crippen molar-refractivity contribution in [1.29, 1.82) is 0 Å². The van der Waals surface area contributed by atoms with Crippen LogP contribution in [0.4, 0.5) is 0 Å². The first kappa shape index (κ1) is 21.4. The van der Waals surface area contributed by atoms with E-state index < -0.39 is 17.9 Å². The quantitative estimate of drug-likeness (QED) is 0.671. The maximum Gasteiger partial charge on any atom is 0.326 e. The number of furan rings is 1. The topological polar surface area (TPSA) is 106 Å². The summed E-state index contributed by atoms with van der Waals surface area (Å²) >= 11 is 0. The summed E-state index contributed by atoms with van der Waals surface area (Å²) in [6, 6.07) is 8.82. The molecule has 0 bridgehead atoms. The number of hydrogen-bond acceptors (Lipinski definition) is 5. The van der Waals surface area contributed by atoms with E-state index in [1.54, 1.807) is 30.3 Å². The molecule has 0 radical (unpaired) electrons. The Balaban J connectivity index is 2.03. The van der Waals surface area contributed by atoms with Gasteiger partial charge in [0, 0.05) is 24.2 Å². The molecule has 1 aromatic heterocycles. The zero-order valence-electron chi connectivity index (χ0n) is 16.4. The fraction of sp³-hybridized carbons (Fsp3) is 0.381. The van der Waals surface area contributed by atoms with Crippen LogP contribution in [0.5, 0.6) is 0 Å². The first-order chi connectivity index (χ1) is 13.1. The van der Waals surface area contributed by atoms with E-state index in [-0.39, 0.29) is 30.2 Å². The van der Waals surface area contributed by atoms with Gasteiger partial charge in [-0.2, -0.15) is 0 Å². The summed E-state index contributed by atoms with van der Waals surface area (Å²) in [5.74, 6) is -1.34. The van der Waals surface area contributed by atoms with Crippen molar-refractivity contribution in [1.82, 2.24) is 5.32 Å². The minimum atomic E-state index is -1.14. The predicted octanol–water partition coefficient (Wildman–Crippen LogP) is 3.54. The molecular weight excluding hydrogens is 362 g/mol. The summed E-state index contributed by atoms with van der Waals surface area (Å²) in [7, 11) is 0. The third kappa shape index (κ3) is 6.06. The van der Waals surface area contributed by atoms with Crippen LogP contribution in [-0.2, 0) is 9.53 Å². The van der Waals surface area contributed by atoms with Crippen molar-refractivity contribution in [2.24, 2.45) is 0 Å². The summed E-state index contributed by atoms with van der Waals surface area (Å²) in [5.41, 5.74) is 0.897. The van der Waals surface area contributed by atoms with Gasteiger partial charge < -0.3 is 19.6 Å². The smallest absolute Gasteiger partial charge is 0.326 e. The lowest BCUT2D eigenvalue weighted by Gasteiger charge is -2.21. The number of benzene rings is 1. The third-order valence-corrected chi connectivity index (χ3v) is 3.95. The lowest BCUT2D eigenvalue weighted by Crippen LogP contribution is -2.41. The lowest BCUT2D eigenvalue weighted by atomic mass is 10.1. The van der Waals surface area contributed by atoms with Crippen LogP contribution in [0, 0.1) is 0 Å². The Kier molecular flexibility index (Phi) is 6.75. The molecule has 0 spiro atoms. The number of carbonyl (C=O) groups excluding carboxylic acids is 2. The van der Waals surface area contributed by atoms with Crippen molar-refractivity contribution in [2.45, 2.75) is 45.8 Å². The van der Waals surface area contributed by atoms with E-state index >= 15 is 0 Å². The maximum atomic E-state index is 12.4. The van der Waals surface area contributed by atoms with E-state index in [1.807, 2.05) is 20.8 Å². The normalized spacial score (nSPS) is 12.4. The second-order valence-corrected chi connectivity index (χ2v) is 7.41. The largest absolute Gasteiger partial charge is 0.480 e. The van der Waals surface area contributed by atoms with Crippen LogP contribution < -0.4 is 5.32 Å². The Bertz CT molecular complexity index is 845. The van der Waals surface area contributed by atoms with Crippen LogP contribution in [0.3, 0.4) is 0 Å². The number of amides is 1. The number of nitrogens with one attached hydrogen (secondary N) is 1. The number of ether oxygens (including phenoxy) is 1. The number of carboxylic acid groups (broad SMARTS) is 1. The zero-order chi connectivity index (χ0) is 20.9. The molecule has 1 atom stereocenters. The Morgan fingerprint density at radius 1 is 1.11 bits per heavy atom. The van der Waals surface area contributed by atoms with E-state index in [0.717, 1.165) is 0 Å². The first-order valence-corrected chi connectivity index (χ1v) is 8.95. The molecule has 2 rings (SSSR count). The molecule has 7 heteroatoms. The number of aliphatic carboxylic acids is 1. The van der Waals surface area contributed by atoms with Crippen molar-refractivity contribution < 1.29 is 28.6 Å². The summed E-state index contributed by atoms with van der Waals surface area (Å²) in [6.07, 6.45) is 0.137. The van der Waals surface area contributed by atoms with Gasteiger partial charge in [-0.3, -0.25) is 9.59 Å². The Morgan fingerprint density at radius 2 is 1.75 bits per heavy atom. The van der Waals surface area contributed by atoms with Gasteiger partial charge in [0.1, 0.15) is 11.8 Å². The van der Waals surface area contributed by atoms with Crippen LogP contribution in [0.1, 0.15) is 55.0 Å². The van der Waals surface area contributed by atoms with Crippen LogP contribution in [0.2, 0.25) is 0 Å². The molecule has 1 unspecified atom stereocenters. The average molecular weight is 387 g/mol. The van der Waals surface area contributed by atoms with Gasteiger partial charge in [0.15, 0.2) is 11.5 Å². The number of Topliss-reactive ketones (excluding diaryl/α,β-unsaturated/α-hetero) is 1. The van der Waals surface area contributed by atoms with E-state index in [1.165, 1.54) is 13.0 Å². The van der Waals surface area contributed by atoms with E-state index in [0.29, 0.717) is 16.9 Å². The summed E-state index contributed by atoms with van der Waals surface area (Å²) in [4.78, 5) is 35.1. The molecule has 0 aliphatic heterocycles. The fourth-order valence-corrected chi connectivity index (χ4v) is 2.45. The van der Waals surface area contributed by atoms with Gasteiger partial charge in [0.25, 0.3) is 5.91 Å². The number of ketones is 1. The molecule has 0 fully saturated rings. The van der Waals surface area contributed by atoms with Crippen LogP contribution in [-0.4, -0.2) is 41.0 Å². The van der Waals surface area contributed by atoms with Gasteiger partial charge in [-0.15, -0.1) is 0 Å². The number of hydrogen-bond donors (Lipinski definition) is 2. The molecule has 28 heavy (non-hydrogen) atoms. The highest BCUT2D eigenvalue weighted by atomic mass is 16.5. The summed E-state index contributed by atoms with van der Waals surface area (Å²) in [5, 5.41) is 11.8. The molecule has 7 nitrogen and oxygen atoms in total. The molecule has 2 aromatic rings. The van der Waals surface area contributed by atoms with Gasteiger partial charge in [0.05, 0.1) is 5.60 Å². The second kappa shape index (κ2) is 8.84. The predicted molar refractivity (Wildman–Crippen MR) is 103 cm³/mol. The fourth-order valence-electron chi connectivity index (χ4n) is 2.45. The van der Waals surface area contributed by atoms with Gasteiger partial charge in [-0.25, -0.2) is 4.79 Å². The third-order valence-electron chi connectivity index (χ3n) is 3.95.